The van der Waals surface area contributed by atoms with Gasteiger partial charge in [0.1, 0.15) is 0 Å². The lowest BCUT2D eigenvalue weighted by Crippen LogP contribution is -2.35. The van der Waals surface area contributed by atoms with Gasteiger partial charge in [-0.25, -0.2) is 0 Å². The first kappa shape index (κ1) is 11.7. The lowest BCUT2D eigenvalue weighted by atomic mass is 9.79. The summed E-state index contributed by atoms with van der Waals surface area (Å²) in [4.78, 5) is 0. The minimum absolute atomic E-state index is 0.416. The molecule has 1 saturated carbocycles. The first-order valence-corrected chi connectivity index (χ1v) is 6.46. The minimum Gasteiger partial charge on any atom is -0.472 e. The van der Waals surface area contributed by atoms with Crippen molar-refractivity contribution in [2.75, 3.05) is 13.1 Å². The van der Waals surface area contributed by atoms with Gasteiger partial charge in [-0.2, -0.15) is 0 Å². The smallest absolute Gasteiger partial charge is 0.0934 e. The third kappa shape index (κ3) is 2.88. The highest BCUT2D eigenvalue weighted by atomic mass is 16.3. The van der Waals surface area contributed by atoms with Crippen LogP contribution in [-0.2, 0) is 6.42 Å². The molecule has 2 rings (SSSR count). The van der Waals surface area contributed by atoms with Gasteiger partial charge in [0.25, 0.3) is 0 Å². The maximum Gasteiger partial charge on any atom is 0.0934 e. The third-order valence-corrected chi connectivity index (χ3v) is 3.71. The number of furan rings is 1. The summed E-state index contributed by atoms with van der Waals surface area (Å²) in [5, 5.41) is 3.58. The van der Waals surface area contributed by atoms with Crippen LogP contribution >= 0.6 is 0 Å². The molecule has 0 radical (unpaired) electrons. The van der Waals surface area contributed by atoms with Crippen LogP contribution in [0.1, 0.15) is 38.7 Å². The van der Waals surface area contributed by atoms with E-state index in [0.717, 1.165) is 25.4 Å². The fourth-order valence-electron chi connectivity index (χ4n) is 2.54. The van der Waals surface area contributed by atoms with Crippen molar-refractivity contribution in [3.05, 3.63) is 24.2 Å². The van der Waals surface area contributed by atoms with E-state index in [0.29, 0.717) is 5.41 Å². The highest BCUT2D eigenvalue weighted by Gasteiger charge is 2.41. The molecule has 1 unspecified atom stereocenters. The fourth-order valence-corrected chi connectivity index (χ4v) is 2.54. The summed E-state index contributed by atoms with van der Waals surface area (Å²) in [5.74, 6) is 0.909. The molecule has 2 heteroatoms. The molecule has 0 spiro atoms. The highest BCUT2D eigenvalue weighted by Crippen LogP contribution is 2.47. The largest absolute Gasteiger partial charge is 0.472 e. The average molecular weight is 221 g/mol. The number of hydrogen-bond donors (Lipinski definition) is 1. The van der Waals surface area contributed by atoms with Gasteiger partial charge in [-0.05, 0) is 55.2 Å². The maximum atomic E-state index is 5.17. The minimum atomic E-state index is 0.416. The molecule has 1 aromatic heterocycles. The van der Waals surface area contributed by atoms with E-state index >= 15 is 0 Å². The Labute approximate surface area is 98.4 Å². The zero-order chi connectivity index (χ0) is 11.4. The molecule has 1 aromatic rings. The van der Waals surface area contributed by atoms with Crippen molar-refractivity contribution in [3.8, 4) is 0 Å². The molecule has 1 aliphatic rings. The van der Waals surface area contributed by atoms with Crippen LogP contribution in [0.3, 0.4) is 0 Å². The van der Waals surface area contributed by atoms with Crippen LogP contribution in [0.2, 0.25) is 0 Å². The Bertz CT molecular complexity index is 303. The van der Waals surface area contributed by atoms with E-state index in [1.165, 1.54) is 24.8 Å². The Balaban J connectivity index is 1.92. The number of nitrogens with one attached hydrogen (secondary N) is 1. The topological polar surface area (TPSA) is 25.2 Å². The van der Waals surface area contributed by atoms with Gasteiger partial charge in [0, 0.05) is 6.54 Å². The summed E-state index contributed by atoms with van der Waals surface area (Å²) >= 11 is 0. The Morgan fingerprint density at radius 3 is 2.88 bits per heavy atom. The molecule has 0 saturated heterocycles. The van der Waals surface area contributed by atoms with Crippen LogP contribution in [0.5, 0.6) is 0 Å². The second-order valence-corrected chi connectivity index (χ2v) is 5.41. The summed E-state index contributed by atoms with van der Waals surface area (Å²) in [6.45, 7) is 6.91. The summed E-state index contributed by atoms with van der Waals surface area (Å²) in [5.41, 5.74) is 1.76. The molecule has 0 aromatic carbocycles. The Morgan fingerprint density at radius 1 is 1.50 bits per heavy atom. The van der Waals surface area contributed by atoms with Gasteiger partial charge in [-0.1, -0.05) is 13.8 Å². The van der Waals surface area contributed by atoms with Crippen molar-refractivity contribution in [1.29, 1.82) is 0 Å². The molecule has 1 N–H and O–H groups in total. The molecular weight excluding hydrogens is 198 g/mol. The predicted octanol–water partition coefficient (Wildman–Crippen LogP) is 3.24. The Morgan fingerprint density at radius 2 is 2.31 bits per heavy atom. The van der Waals surface area contributed by atoms with E-state index < -0.39 is 0 Å². The van der Waals surface area contributed by atoms with E-state index in [9.17, 15) is 0 Å². The second kappa shape index (κ2) is 5.05. The van der Waals surface area contributed by atoms with Gasteiger partial charge in [-0.3, -0.25) is 0 Å². The van der Waals surface area contributed by atoms with Crippen LogP contribution in [0, 0.1) is 11.3 Å². The van der Waals surface area contributed by atoms with E-state index in [2.05, 4.69) is 25.2 Å². The molecule has 0 amide bonds. The molecule has 2 nitrogen and oxygen atoms in total. The molecule has 0 aliphatic heterocycles. The van der Waals surface area contributed by atoms with Gasteiger partial charge < -0.3 is 9.73 Å². The Kier molecular flexibility index (Phi) is 3.70. The lowest BCUT2D eigenvalue weighted by molar-refractivity contribution is 0.255. The van der Waals surface area contributed by atoms with Crippen LogP contribution in [0.25, 0.3) is 0 Å². The second-order valence-electron chi connectivity index (χ2n) is 5.41. The van der Waals surface area contributed by atoms with Crippen LogP contribution in [0.4, 0.5) is 0 Å². The van der Waals surface area contributed by atoms with Crippen molar-refractivity contribution >= 4 is 0 Å². The van der Waals surface area contributed by atoms with Crippen molar-refractivity contribution in [2.45, 2.75) is 39.5 Å². The third-order valence-electron chi connectivity index (χ3n) is 3.71. The Hall–Kier alpha value is -0.760. The molecule has 1 aliphatic carbocycles. The standard InChI is InChI=1S/C14H23NO/c1-3-7-15-11-14(2,13-4-5-13)9-12-6-8-16-10-12/h6,8,10,13,15H,3-5,7,9,11H2,1-2H3. The first-order valence-electron chi connectivity index (χ1n) is 6.46. The highest BCUT2D eigenvalue weighted by molar-refractivity contribution is 5.11. The molecule has 16 heavy (non-hydrogen) atoms. The fraction of sp³-hybridized carbons (Fsp3) is 0.714. The van der Waals surface area contributed by atoms with Crippen molar-refractivity contribution in [2.24, 2.45) is 11.3 Å². The maximum absolute atomic E-state index is 5.17. The number of hydrogen-bond acceptors (Lipinski definition) is 2. The first-order chi connectivity index (χ1) is 7.74. The van der Waals surface area contributed by atoms with E-state index in [4.69, 9.17) is 4.42 Å². The quantitative estimate of drug-likeness (QED) is 0.715. The molecule has 1 fully saturated rings. The number of rotatable bonds is 7. The molecular formula is C14H23NO. The monoisotopic (exact) mass is 221 g/mol. The van der Waals surface area contributed by atoms with Gasteiger partial charge in [-0.15, -0.1) is 0 Å². The SMILES string of the molecule is CCCNCC(C)(Cc1ccoc1)C1CC1. The van der Waals surface area contributed by atoms with E-state index in [-0.39, 0.29) is 0 Å². The molecule has 1 atom stereocenters. The summed E-state index contributed by atoms with van der Waals surface area (Å²) in [7, 11) is 0. The average Bonchev–Trinajstić information content (AvgIpc) is 3.01. The van der Waals surface area contributed by atoms with Crippen molar-refractivity contribution in [1.82, 2.24) is 5.32 Å². The van der Waals surface area contributed by atoms with E-state index in [1.807, 2.05) is 6.26 Å². The summed E-state index contributed by atoms with van der Waals surface area (Å²) in [6, 6.07) is 2.10. The summed E-state index contributed by atoms with van der Waals surface area (Å²) in [6.07, 6.45) is 8.84. The molecule has 0 bridgehead atoms. The molecule has 90 valence electrons. The normalized spacial score (nSPS) is 19.6. The zero-order valence-electron chi connectivity index (χ0n) is 10.5. The van der Waals surface area contributed by atoms with Crippen molar-refractivity contribution in [3.63, 3.8) is 0 Å². The predicted molar refractivity (Wildman–Crippen MR) is 66.4 cm³/mol. The molecule has 1 heterocycles. The lowest BCUT2D eigenvalue weighted by Gasteiger charge is -2.29. The van der Waals surface area contributed by atoms with Gasteiger partial charge in [0.2, 0.25) is 0 Å². The van der Waals surface area contributed by atoms with Crippen LogP contribution < -0.4 is 5.32 Å². The van der Waals surface area contributed by atoms with Gasteiger partial charge in [0.15, 0.2) is 0 Å². The van der Waals surface area contributed by atoms with Gasteiger partial charge in [0.05, 0.1) is 12.5 Å². The van der Waals surface area contributed by atoms with Crippen molar-refractivity contribution < 1.29 is 4.42 Å². The van der Waals surface area contributed by atoms with Crippen LogP contribution in [0.15, 0.2) is 23.0 Å². The summed E-state index contributed by atoms with van der Waals surface area (Å²) < 4.78 is 5.17. The van der Waals surface area contributed by atoms with E-state index in [1.54, 1.807) is 6.26 Å². The van der Waals surface area contributed by atoms with Gasteiger partial charge >= 0.3 is 0 Å². The zero-order valence-corrected chi connectivity index (χ0v) is 10.5. The van der Waals surface area contributed by atoms with Crippen LogP contribution in [-0.4, -0.2) is 13.1 Å².